The lowest BCUT2D eigenvalue weighted by Crippen LogP contribution is -1.94. The second-order valence-corrected chi connectivity index (χ2v) is 5.37. The molecule has 0 heterocycles. The second-order valence-electron chi connectivity index (χ2n) is 5.37. The minimum absolute atomic E-state index is 0. The molecule has 134 valence electrons. The molecule has 3 aromatic rings. The van der Waals surface area contributed by atoms with Gasteiger partial charge in [-0.1, -0.05) is 105 Å². The van der Waals surface area contributed by atoms with E-state index in [2.05, 4.69) is 62.4 Å². The molecule has 2 heteroatoms. The van der Waals surface area contributed by atoms with Gasteiger partial charge in [0.25, 0.3) is 0 Å². The highest BCUT2D eigenvalue weighted by molar-refractivity contribution is 5.15. The first-order chi connectivity index (χ1) is 11.8. The fraction of sp³-hybridized carbons (Fsp3) is 0.217. The largest absolute Gasteiger partial charge is 0.344 e. The normalized spacial score (nSPS) is 8.76. The molecule has 0 aliphatic rings. The minimum atomic E-state index is 0. The van der Waals surface area contributed by atoms with E-state index in [1.54, 1.807) is 0 Å². The molecule has 2 nitrogen and oxygen atoms in total. The summed E-state index contributed by atoms with van der Waals surface area (Å²) in [4.78, 5) is 0. The quantitative estimate of drug-likeness (QED) is 0.634. The molecular weight excluding hydrogens is 304 g/mol. The third-order valence-corrected chi connectivity index (χ3v) is 3.58. The van der Waals surface area contributed by atoms with Crippen molar-refractivity contribution in [1.82, 2.24) is 6.15 Å². The van der Waals surface area contributed by atoms with Crippen molar-refractivity contribution in [1.29, 1.82) is 0 Å². The number of hydrogen-bond acceptors (Lipinski definition) is 2. The van der Waals surface area contributed by atoms with Crippen LogP contribution in [0, 0.1) is 0 Å². The van der Waals surface area contributed by atoms with Crippen molar-refractivity contribution >= 4 is 0 Å². The zero-order valence-corrected chi connectivity index (χ0v) is 15.6. The van der Waals surface area contributed by atoms with E-state index in [0.717, 1.165) is 12.8 Å². The molecule has 3 rings (SSSR count). The van der Waals surface area contributed by atoms with Crippen LogP contribution in [-0.2, 0) is 19.4 Å². The van der Waals surface area contributed by atoms with Crippen LogP contribution in [0.15, 0.2) is 91.0 Å². The Bertz CT molecular complexity index is 528. The monoisotopic (exact) mass is 336 g/mol. The first kappa shape index (κ1) is 22.6. The molecule has 0 radical (unpaired) electrons. The van der Waals surface area contributed by atoms with E-state index in [1.807, 2.05) is 42.5 Å². The molecule has 0 atom stereocenters. The van der Waals surface area contributed by atoms with Crippen LogP contribution in [0.4, 0.5) is 0 Å². The molecule has 0 bridgehead atoms. The first-order valence-corrected chi connectivity index (χ1v) is 8.62. The Hall–Kier alpha value is -2.42. The molecule has 0 saturated heterocycles. The van der Waals surface area contributed by atoms with Crippen LogP contribution >= 0.6 is 0 Å². The van der Waals surface area contributed by atoms with Crippen molar-refractivity contribution in [2.45, 2.75) is 33.2 Å². The van der Waals surface area contributed by atoms with Crippen LogP contribution in [0.1, 0.15) is 30.5 Å². The number of benzene rings is 3. The Morgan fingerprint density at radius 1 is 0.520 bits per heavy atom. The molecule has 5 N–H and O–H groups in total. The van der Waals surface area contributed by atoms with Gasteiger partial charge in [0.2, 0.25) is 0 Å². The SMILES string of the molecule is CCc1ccccc1.CCc1ccccc1.N.NCc1ccccc1. The summed E-state index contributed by atoms with van der Waals surface area (Å²) in [6.07, 6.45) is 2.28. The van der Waals surface area contributed by atoms with Crippen molar-refractivity contribution < 1.29 is 0 Å². The van der Waals surface area contributed by atoms with Gasteiger partial charge in [0.1, 0.15) is 0 Å². The number of nitrogens with two attached hydrogens (primary N) is 1. The Balaban J connectivity index is 0.000000339. The van der Waals surface area contributed by atoms with E-state index in [-0.39, 0.29) is 6.15 Å². The van der Waals surface area contributed by atoms with Crippen molar-refractivity contribution in [3.05, 3.63) is 108 Å². The summed E-state index contributed by atoms with van der Waals surface area (Å²) in [5.41, 5.74) is 9.36. The van der Waals surface area contributed by atoms with Gasteiger partial charge >= 0.3 is 0 Å². The van der Waals surface area contributed by atoms with E-state index in [0.29, 0.717) is 6.54 Å². The molecule has 0 unspecified atom stereocenters. The van der Waals surface area contributed by atoms with Gasteiger partial charge in [-0.3, -0.25) is 0 Å². The summed E-state index contributed by atoms with van der Waals surface area (Å²) in [7, 11) is 0. The Morgan fingerprint density at radius 3 is 0.960 bits per heavy atom. The number of aryl methyl sites for hydroxylation is 2. The fourth-order valence-electron chi connectivity index (χ4n) is 2.04. The first-order valence-electron chi connectivity index (χ1n) is 8.62. The summed E-state index contributed by atoms with van der Waals surface area (Å²) in [6, 6.07) is 30.9. The zero-order chi connectivity index (χ0) is 17.5. The average molecular weight is 337 g/mol. The van der Waals surface area contributed by atoms with E-state index >= 15 is 0 Å². The van der Waals surface area contributed by atoms with Crippen molar-refractivity contribution in [2.24, 2.45) is 5.73 Å². The van der Waals surface area contributed by atoms with Crippen LogP contribution in [0.3, 0.4) is 0 Å². The Morgan fingerprint density at radius 2 is 0.800 bits per heavy atom. The molecule has 0 amide bonds. The molecule has 0 aromatic heterocycles. The summed E-state index contributed by atoms with van der Waals surface area (Å²) >= 11 is 0. The predicted octanol–water partition coefficient (Wildman–Crippen LogP) is 5.81. The van der Waals surface area contributed by atoms with E-state index in [9.17, 15) is 0 Å². The summed E-state index contributed by atoms with van der Waals surface area (Å²) in [5.74, 6) is 0. The third-order valence-electron chi connectivity index (χ3n) is 3.58. The number of hydrogen-bond donors (Lipinski definition) is 2. The Kier molecular flexibility index (Phi) is 13.7. The smallest absolute Gasteiger partial charge is 0.0178 e. The van der Waals surface area contributed by atoms with Gasteiger partial charge in [-0.25, -0.2) is 0 Å². The maximum absolute atomic E-state index is 5.35. The average Bonchev–Trinajstić information content (AvgIpc) is 2.71. The molecule has 0 spiro atoms. The molecule has 0 saturated carbocycles. The lowest BCUT2D eigenvalue weighted by atomic mass is 10.2. The molecule has 0 aliphatic carbocycles. The summed E-state index contributed by atoms with van der Waals surface area (Å²) in [5, 5.41) is 0. The summed E-state index contributed by atoms with van der Waals surface area (Å²) < 4.78 is 0. The van der Waals surface area contributed by atoms with Gasteiger partial charge in [-0.05, 0) is 29.5 Å². The fourth-order valence-corrected chi connectivity index (χ4v) is 2.04. The molecule has 25 heavy (non-hydrogen) atoms. The molecular formula is C23H32N2. The summed E-state index contributed by atoms with van der Waals surface area (Å²) in [6.45, 7) is 4.96. The van der Waals surface area contributed by atoms with Gasteiger partial charge in [0.15, 0.2) is 0 Å². The molecule has 3 aromatic carbocycles. The van der Waals surface area contributed by atoms with E-state index in [1.165, 1.54) is 16.7 Å². The lowest BCUT2D eigenvalue weighted by molar-refractivity contribution is 1.07. The van der Waals surface area contributed by atoms with Crippen LogP contribution in [0.2, 0.25) is 0 Å². The van der Waals surface area contributed by atoms with Crippen molar-refractivity contribution in [3.63, 3.8) is 0 Å². The molecule has 0 fully saturated rings. The predicted molar refractivity (Wildman–Crippen MR) is 111 cm³/mol. The van der Waals surface area contributed by atoms with E-state index < -0.39 is 0 Å². The molecule has 0 aliphatic heterocycles. The van der Waals surface area contributed by atoms with Crippen LogP contribution in [0.5, 0.6) is 0 Å². The van der Waals surface area contributed by atoms with Crippen LogP contribution in [0.25, 0.3) is 0 Å². The maximum atomic E-state index is 5.35. The van der Waals surface area contributed by atoms with Gasteiger partial charge in [-0.2, -0.15) is 0 Å². The van der Waals surface area contributed by atoms with Crippen LogP contribution in [-0.4, -0.2) is 0 Å². The van der Waals surface area contributed by atoms with E-state index in [4.69, 9.17) is 5.73 Å². The topological polar surface area (TPSA) is 61.0 Å². The van der Waals surface area contributed by atoms with Crippen molar-refractivity contribution in [2.75, 3.05) is 0 Å². The standard InChI is InChI=1S/2C8H10.C7H9N.H3N/c2*1-2-8-6-4-3-5-7-8;8-6-7-4-2-1-3-5-7;/h2*3-7H,2H2,1H3;1-5H,6,8H2;1H3. The number of rotatable bonds is 3. The van der Waals surface area contributed by atoms with Gasteiger partial charge in [0, 0.05) is 6.54 Å². The minimum Gasteiger partial charge on any atom is -0.344 e. The van der Waals surface area contributed by atoms with Crippen LogP contribution < -0.4 is 11.9 Å². The third kappa shape index (κ3) is 10.9. The lowest BCUT2D eigenvalue weighted by Gasteiger charge is -1.90. The van der Waals surface area contributed by atoms with Gasteiger partial charge < -0.3 is 11.9 Å². The highest BCUT2D eigenvalue weighted by Gasteiger charge is 1.81. The highest BCUT2D eigenvalue weighted by Crippen LogP contribution is 1.97. The maximum Gasteiger partial charge on any atom is 0.0178 e. The zero-order valence-electron chi connectivity index (χ0n) is 15.6. The second kappa shape index (κ2) is 15.1. The van der Waals surface area contributed by atoms with Crippen molar-refractivity contribution in [3.8, 4) is 0 Å². The Labute approximate surface area is 153 Å². The van der Waals surface area contributed by atoms with Gasteiger partial charge in [-0.15, -0.1) is 0 Å². The van der Waals surface area contributed by atoms with Gasteiger partial charge in [0.05, 0.1) is 0 Å². The highest BCUT2D eigenvalue weighted by atomic mass is 14.5.